The lowest BCUT2D eigenvalue weighted by atomic mass is 9.81. The molecule has 2 aromatic carbocycles. The number of carbonyl (C=O) groups is 2. The second kappa shape index (κ2) is 6.71. The summed E-state index contributed by atoms with van der Waals surface area (Å²) in [7, 11) is 0. The molecule has 132 valence electrons. The average Bonchev–Trinajstić information content (AvgIpc) is 2.55. The SMILES string of the molecule is Cc1ccccc1C(C)(C)C(=O)Nc1ccc(C(C)(C)C(=O)O)cc1. The highest BCUT2D eigenvalue weighted by molar-refractivity contribution is 5.98. The Bertz CT molecular complexity index is 789. The Kier molecular flexibility index (Phi) is 5.02. The fourth-order valence-electron chi connectivity index (χ4n) is 2.78. The van der Waals surface area contributed by atoms with Crippen molar-refractivity contribution in [1.82, 2.24) is 0 Å². The lowest BCUT2D eigenvalue weighted by Gasteiger charge is -2.26. The molecule has 4 heteroatoms. The molecule has 0 spiro atoms. The summed E-state index contributed by atoms with van der Waals surface area (Å²) in [5.41, 5.74) is 1.75. The average molecular weight is 339 g/mol. The molecule has 2 rings (SSSR count). The van der Waals surface area contributed by atoms with E-state index in [0.29, 0.717) is 11.3 Å². The zero-order chi connectivity index (χ0) is 18.8. The first-order valence-electron chi connectivity index (χ1n) is 8.28. The zero-order valence-corrected chi connectivity index (χ0v) is 15.4. The molecular weight excluding hydrogens is 314 g/mol. The minimum atomic E-state index is -0.969. The van der Waals surface area contributed by atoms with Gasteiger partial charge in [0, 0.05) is 5.69 Å². The van der Waals surface area contributed by atoms with Crippen molar-refractivity contribution in [3.8, 4) is 0 Å². The number of hydrogen-bond donors (Lipinski definition) is 2. The van der Waals surface area contributed by atoms with E-state index in [-0.39, 0.29) is 5.91 Å². The number of aryl methyl sites for hydroxylation is 1. The summed E-state index contributed by atoms with van der Waals surface area (Å²) in [6, 6.07) is 14.8. The number of rotatable bonds is 5. The third-order valence-electron chi connectivity index (χ3n) is 4.79. The number of amides is 1. The molecule has 4 nitrogen and oxygen atoms in total. The highest BCUT2D eigenvalue weighted by Crippen LogP contribution is 2.29. The van der Waals surface area contributed by atoms with E-state index in [1.807, 2.05) is 45.0 Å². The van der Waals surface area contributed by atoms with Gasteiger partial charge in [0.25, 0.3) is 0 Å². The predicted molar refractivity (Wildman–Crippen MR) is 99.9 cm³/mol. The molecule has 0 saturated heterocycles. The summed E-state index contributed by atoms with van der Waals surface area (Å²) in [5, 5.41) is 12.2. The molecule has 0 saturated carbocycles. The fourth-order valence-corrected chi connectivity index (χ4v) is 2.78. The van der Waals surface area contributed by atoms with E-state index in [1.54, 1.807) is 38.1 Å². The summed E-state index contributed by atoms with van der Waals surface area (Å²) in [6.45, 7) is 9.10. The normalized spacial score (nSPS) is 11.9. The van der Waals surface area contributed by atoms with Gasteiger partial charge in [-0.1, -0.05) is 36.4 Å². The monoisotopic (exact) mass is 339 g/mol. The molecule has 2 aromatic rings. The van der Waals surface area contributed by atoms with Crippen molar-refractivity contribution in [2.75, 3.05) is 5.32 Å². The standard InChI is InChI=1S/C21H25NO3/c1-14-8-6-7-9-17(14)21(4,5)18(23)22-16-12-10-15(11-13-16)20(2,3)19(24)25/h6-13H,1-5H3,(H,22,23)(H,24,25). The maximum absolute atomic E-state index is 12.8. The Morgan fingerprint density at radius 2 is 1.44 bits per heavy atom. The van der Waals surface area contributed by atoms with Gasteiger partial charge in [-0.05, 0) is 63.4 Å². The van der Waals surface area contributed by atoms with Crippen LogP contribution in [0, 0.1) is 6.92 Å². The number of carbonyl (C=O) groups excluding carboxylic acids is 1. The molecule has 0 aromatic heterocycles. The van der Waals surface area contributed by atoms with Crippen LogP contribution in [-0.4, -0.2) is 17.0 Å². The molecule has 1 amide bonds. The molecule has 0 bridgehead atoms. The topological polar surface area (TPSA) is 66.4 Å². The molecular formula is C21H25NO3. The molecule has 0 unspecified atom stereocenters. The molecule has 0 aliphatic heterocycles. The van der Waals surface area contributed by atoms with Crippen LogP contribution in [0.15, 0.2) is 48.5 Å². The Morgan fingerprint density at radius 1 is 0.880 bits per heavy atom. The van der Waals surface area contributed by atoms with Gasteiger partial charge in [0.05, 0.1) is 10.8 Å². The van der Waals surface area contributed by atoms with E-state index in [9.17, 15) is 14.7 Å². The van der Waals surface area contributed by atoms with Crippen molar-refractivity contribution in [1.29, 1.82) is 0 Å². The number of aliphatic carboxylic acids is 1. The highest BCUT2D eigenvalue weighted by atomic mass is 16.4. The number of carboxylic acids is 1. The molecule has 0 aliphatic carbocycles. The van der Waals surface area contributed by atoms with Gasteiger partial charge in [-0.3, -0.25) is 9.59 Å². The third-order valence-corrected chi connectivity index (χ3v) is 4.79. The summed E-state index contributed by atoms with van der Waals surface area (Å²) < 4.78 is 0. The number of hydrogen-bond acceptors (Lipinski definition) is 2. The van der Waals surface area contributed by atoms with Crippen molar-refractivity contribution in [3.05, 3.63) is 65.2 Å². The minimum Gasteiger partial charge on any atom is -0.481 e. The highest BCUT2D eigenvalue weighted by Gasteiger charge is 2.32. The predicted octanol–water partition coefficient (Wildman–Crippen LogP) is 4.27. The minimum absolute atomic E-state index is 0.105. The van der Waals surface area contributed by atoms with Crippen molar-refractivity contribution >= 4 is 17.6 Å². The molecule has 0 fully saturated rings. The van der Waals surface area contributed by atoms with Crippen LogP contribution in [0.5, 0.6) is 0 Å². The van der Waals surface area contributed by atoms with Gasteiger partial charge in [-0.15, -0.1) is 0 Å². The van der Waals surface area contributed by atoms with Gasteiger partial charge in [0.15, 0.2) is 0 Å². The van der Waals surface area contributed by atoms with Crippen molar-refractivity contribution in [3.63, 3.8) is 0 Å². The third kappa shape index (κ3) is 3.73. The lowest BCUT2D eigenvalue weighted by molar-refractivity contribution is -0.142. The van der Waals surface area contributed by atoms with Gasteiger partial charge >= 0.3 is 5.97 Å². The van der Waals surface area contributed by atoms with E-state index < -0.39 is 16.8 Å². The van der Waals surface area contributed by atoms with Gasteiger partial charge in [-0.2, -0.15) is 0 Å². The number of carboxylic acid groups (broad SMARTS) is 1. The lowest BCUT2D eigenvalue weighted by Crippen LogP contribution is -2.35. The van der Waals surface area contributed by atoms with Crippen molar-refractivity contribution in [2.45, 2.75) is 45.4 Å². The summed E-state index contributed by atoms with van der Waals surface area (Å²) in [4.78, 5) is 24.1. The maximum atomic E-state index is 12.8. The van der Waals surface area contributed by atoms with Crippen LogP contribution in [-0.2, 0) is 20.4 Å². The van der Waals surface area contributed by atoms with Crippen LogP contribution in [0.2, 0.25) is 0 Å². The Balaban J connectivity index is 2.21. The summed E-state index contributed by atoms with van der Waals surface area (Å²) >= 11 is 0. The Hall–Kier alpha value is -2.62. The van der Waals surface area contributed by atoms with Gasteiger partial charge in [0.2, 0.25) is 5.91 Å². The van der Waals surface area contributed by atoms with Crippen LogP contribution >= 0.6 is 0 Å². The second-order valence-corrected chi connectivity index (χ2v) is 7.40. The van der Waals surface area contributed by atoms with E-state index >= 15 is 0 Å². The number of benzene rings is 2. The number of nitrogens with one attached hydrogen (secondary N) is 1. The molecule has 25 heavy (non-hydrogen) atoms. The first kappa shape index (κ1) is 18.7. The summed E-state index contributed by atoms with van der Waals surface area (Å²) in [6.07, 6.45) is 0. The van der Waals surface area contributed by atoms with Crippen molar-refractivity contribution in [2.24, 2.45) is 0 Å². The molecule has 0 aliphatic rings. The van der Waals surface area contributed by atoms with Crippen LogP contribution in [0.25, 0.3) is 0 Å². The Labute approximate surface area is 148 Å². The molecule has 2 N–H and O–H groups in total. The fraction of sp³-hybridized carbons (Fsp3) is 0.333. The van der Waals surface area contributed by atoms with Crippen molar-refractivity contribution < 1.29 is 14.7 Å². The van der Waals surface area contributed by atoms with Gasteiger partial charge in [-0.25, -0.2) is 0 Å². The molecule has 0 radical (unpaired) electrons. The van der Waals surface area contributed by atoms with Crippen LogP contribution in [0.3, 0.4) is 0 Å². The zero-order valence-electron chi connectivity index (χ0n) is 15.4. The summed E-state index contributed by atoms with van der Waals surface area (Å²) in [5.74, 6) is -0.989. The molecule has 0 heterocycles. The Morgan fingerprint density at radius 3 is 1.96 bits per heavy atom. The first-order chi connectivity index (χ1) is 11.6. The quantitative estimate of drug-likeness (QED) is 0.855. The number of anilines is 1. The first-order valence-corrected chi connectivity index (χ1v) is 8.28. The largest absolute Gasteiger partial charge is 0.481 e. The smallest absolute Gasteiger partial charge is 0.313 e. The van der Waals surface area contributed by atoms with Crippen LogP contribution < -0.4 is 5.32 Å². The maximum Gasteiger partial charge on any atom is 0.313 e. The van der Waals surface area contributed by atoms with Gasteiger partial charge < -0.3 is 10.4 Å². The van der Waals surface area contributed by atoms with E-state index in [0.717, 1.165) is 11.1 Å². The van der Waals surface area contributed by atoms with E-state index in [4.69, 9.17) is 0 Å². The second-order valence-electron chi connectivity index (χ2n) is 7.40. The van der Waals surface area contributed by atoms with Gasteiger partial charge in [0.1, 0.15) is 0 Å². The van der Waals surface area contributed by atoms with Crippen LogP contribution in [0.1, 0.15) is 44.4 Å². The molecule has 0 atom stereocenters. The van der Waals surface area contributed by atoms with E-state index in [1.165, 1.54) is 0 Å². The van der Waals surface area contributed by atoms with E-state index in [2.05, 4.69) is 5.32 Å². The van der Waals surface area contributed by atoms with Crippen LogP contribution in [0.4, 0.5) is 5.69 Å².